The molecule has 2 aromatic carbocycles. The second-order valence-electron chi connectivity index (χ2n) is 5.88. The maximum absolute atomic E-state index is 5.96. The molecular weight excluding hydrogens is 330 g/mol. The number of aryl methyl sites for hydroxylation is 1. The van der Waals surface area contributed by atoms with Crippen molar-refractivity contribution in [3.63, 3.8) is 0 Å². The summed E-state index contributed by atoms with van der Waals surface area (Å²) in [6, 6.07) is 11.8. The average molecular weight is 357 g/mol. The minimum atomic E-state index is 0.409. The van der Waals surface area contributed by atoms with Gasteiger partial charge in [0.05, 0.1) is 27.9 Å². The van der Waals surface area contributed by atoms with E-state index in [0.717, 1.165) is 23.3 Å². The van der Waals surface area contributed by atoms with Crippen LogP contribution in [0.1, 0.15) is 16.7 Å². The van der Waals surface area contributed by atoms with E-state index in [4.69, 9.17) is 19.9 Å². The van der Waals surface area contributed by atoms with E-state index in [0.29, 0.717) is 30.5 Å². The molecule has 2 aromatic rings. The zero-order chi connectivity index (χ0) is 18.9. The summed E-state index contributed by atoms with van der Waals surface area (Å²) in [4.78, 5) is 4.37. The van der Waals surface area contributed by atoms with Gasteiger partial charge in [-0.15, -0.1) is 0 Å². The van der Waals surface area contributed by atoms with E-state index < -0.39 is 0 Å². The van der Waals surface area contributed by atoms with Crippen molar-refractivity contribution in [1.29, 1.82) is 0 Å². The second kappa shape index (κ2) is 9.56. The monoisotopic (exact) mass is 357 g/mol. The quantitative estimate of drug-likeness (QED) is 0.561. The van der Waals surface area contributed by atoms with Crippen LogP contribution in [-0.4, -0.2) is 33.8 Å². The lowest BCUT2D eigenvalue weighted by atomic mass is 10.1. The van der Waals surface area contributed by atoms with Crippen molar-refractivity contribution in [1.82, 2.24) is 5.32 Å². The Balaban J connectivity index is 1.90. The second-order valence-corrected chi connectivity index (χ2v) is 5.88. The predicted molar refractivity (Wildman–Crippen MR) is 104 cm³/mol. The number of aliphatic imine (C=N–C) groups is 1. The van der Waals surface area contributed by atoms with Crippen LogP contribution >= 0.6 is 0 Å². The largest absolute Gasteiger partial charge is 0.496 e. The molecule has 0 atom stereocenters. The molecule has 0 saturated carbocycles. The Morgan fingerprint density at radius 1 is 0.962 bits per heavy atom. The van der Waals surface area contributed by atoms with Crippen LogP contribution in [0.5, 0.6) is 17.2 Å². The molecule has 6 heteroatoms. The SMILES string of the molecule is COc1ccc(C)cc1CCNC(N)=NCc1ccc(OC)c(OC)c1. The first-order valence-electron chi connectivity index (χ1n) is 8.45. The van der Waals surface area contributed by atoms with E-state index in [-0.39, 0.29) is 0 Å². The first-order chi connectivity index (χ1) is 12.6. The molecule has 0 amide bonds. The lowest BCUT2D eigenvalue weighted by Crippen LogP contribution is -2.33. The molecule has 0 aromatic heterocycles. The third-order valence-electron chi connectivity index (χ3n) is 4.02. The van der Waals surface area contributed by atoms with Crippen LogP contribution in [0.4, 0.5) is 0 Å². The number of nitrogens with zero attached hydrogens (tertiary/aromatic N) is 1. The fourth-order valence-electron chi connectivity index (χ4n) is 2.64. The Bertz CT molecular complexity index is 760. The first kappa shape index (κ1) is 19.4. The van der Waals surface area contributed by atoms with Gasteiger partial charge in [0.1, 0.15) is 5.75 Å². The van der Waals surface area contributed by atoms with Crippen LogP contribution in [0.25, 0.3) is 0 Å². The topological polar surface area (TPSA) is 78.1 Å². The highest BCUT2D eigenvalue weighted by Crippen LogP contribution is 2.27. The molecule has 0 radical (unpaired) electrons. The van der Waals surface area contributed by atoms with Crippen LogP contribution in [0.15, 0.2) is 41.4 Å². The van der Waals surface area contributed by atoms with Crippen LogP contribution in [0.2, 0.25) is 0 Å². The van der Waals surface area contributed by atoms with Crippen LogP contribution in [0, 0.1) is 6.92 Å². The molecule has 0 saturated heterocycles. The van der Waals surface area contributed by atoms with Gasteiger partial charge in [0, 0.05) is 6.54 Å². The molecule has 0 aliphatic carbocycles. The Morgan fingerprint density at radius 3 is 2.35 bits per heavy atom. The number of guanidine groups is 1. The zero-order valence-corrected chi connectivity index (χ0v) is 15.8. The summed E-state index contributed by atoms with van der Waals surface area (Å²) in [7, 11) is 4.90. The van der Waals surface area contributed by atoms with Gasteiger partial charge in [-0.25, -0.2) is 4.99 Å². The summed E-state index contributed by atoms with van der Waals surface area (Å²) < 4.78 is 15.9. The van der Waals surface area contributed by atoms with Gasteiger partial charge in [0.15, 0.2) is 17.5 Å². The third kappa shape index (κ3) is 5.31. The van der Waals surface area contributed by atoms with Crippen molar-refractivity contribution < 1.29 is 14.2 Å². The number of rotatable bonds is 8. The third-order valence-corrected chi connectivity index (χ3v) is 4.02. The average Bonchev–Trinajstić information content (AvgIpc) is 2.66. The molecule has 3 N–H and O–H groups in total. The van der Waals surface area contributed by atoms with Crippen molar-refractivity contribution >= 4 is 5.96 Å². The Kier molecular flexibility index (Phi) is 7.14. The summed E-state index contributed by atoms with van der Waals surface area (Å²) in [6.07, 6.45) is 0.803. The summed E-state index contributed by atoms with van der Waals surface area (Å²) in [5.74, 6) is 2.67. The number of methoxy groups -OCH3 is 3. The maximum atomic E-state index is 5.96. The van der Waals surface area contributed by atoms with Crippen molar-refractivity contribution in [2.45, 2.75) is 19.9 Å². The number of ether oxygens (including phenoxy) is 3. The first-order valence-corrected chi connectivity index (χ1v) is 8.45. The Hall–Kier alpha value is -2.89. The van der Waals surface area contributed by atoms with Crippen molar-refractivity contribution in [2.75, 3.05) is 27.9 Å². The van der Waals surface area contributed by atoms with E-state index >= 15 is 0 Å². The Labute approximate surface area is 155 Å². The maximum Gasteiger partial charge on any atom is 0.188 e. The van der Waals surface area contributed by atoms with Crippen LogP contribution in [-0.2, 0) is 13.0 Å². The summed E-state index contributed by atoms with van der Waals surface area (Å²) in [6.45, 7) is 3.21. The normalized spacial score (nSPS) is 11.2. The van der Waals surface area contributed by atoms with Crippen molar-refractivity contribution in [3.05, 3.63) is 53.1 Å². The highest BCUT2D eigenvalue weighted by Gasteiger charge is 2.05. The predicted octanol–water partition coefficient (Wildman–Crippen LogP) is 2.67. The molecule has 6 nitrogen and oxygen atoms in total. The molecule has 0 spiro atoms. The van der Waals surface area contributed by atoms with Crippen LogP contribution < -0.4 is 25.3 Å². The number of hydrogen-bond donors (Lipinski definition) is 2. The van der Waals surface area contributed by atoms with Crippen LogP contribution in [0.3, 0.4) is 0 Å². The summed E-state index contributed by atoms with van der Waals surface area (Å²) in [5.41, 5.74) is 9.31. The van der Waals surface area contributed by atoms with E-state index in [9.17, 15) is 0 Å². The lowest BCUT2D eigenvalue weighted by molar-refractivity contribution is 0.354. The zero-order valence-electron chi connectivity index (χ0n) is 15.8. The number of nitrogens with one attached hydrogen (secondary N) is 1. The lowest BCUT2D eigenvalue weighted by Gasteiger charge is -2.11. The number of benzene rings is 2. The van der Waals surface area contributed by atoms with Gasteiger partial charge in [-0.2, -0.15) is 0 Å². The van der Waals surface area contributed by atoms with E-state index in [1.165, 1.54) is 5.56 Å². The van der Waals surface area contributed by atoms with Gasteiger partial charge < -0.3 is 25.3 Å². The molecule has 26 heavy (non-hydrogen) atoms. The molecule has 0 unspecified atom stereocenters. The number of nitrogens with two attached hydrogens (primary N) is 1. The van der Waals surface area contributed by atoms with Gasteiger partial charge in [-0.05, 0) is 42.7 Å². The summed E-state index contributed by atoms with van der Waals surface area (Å²) in [5, 5.41) is 3.14. The Morgan fingerprint density at radius 2 is 1.65 bits per heavy atom. The molecule has 0 aliphatic heterocycles. The molecular formula is C20H27N3O3. The fourth-order valence-corrected chi connectivity index (χ4v) is 2.64. The fraction of sp³-hybridized carbons (Fsp3) is 0.350. The standard InChI is InChI=1S/C20H27N3O3/c1-14-5-7-17(24-2)16(11-14)9-10-22-20(21)23-13-15-6-8-18(25-3)19(12-15)26-4/h5-8,11-12H,9-10,13H2,1-4H3,(H3,21,22,23). The minimum absolute atomic E-state index is 0.409. The number of hydrogen-bond acceptors (Lipinski definition) is 4. The van der Waals surface area contributed by atoms with Gasteiger partial charge in [-0.3, -0.25) is 0 Å². The molecule has 2 rings (SSSR count). The van der Waals surface area contributed by atoms with Gasteiger partial charge in [-0.1, -0.05) is 23.8 Å². The smallest absolute Gasteiger partial charge is 0.188 e. The van der Waals surface area contributed by atoms with Gasteiger partial charge in [0.2, 0.25) is 0 Å². The minimum Gasteiger partial charge on any atom is -0.496 e. The molecule has 0 aliphatic rings. The van der Waals surface area contributed by atoms with Crippen molar-refractivity contribution in [3.8, 4) is 17.2 Å². The van der Waals surface area contributed by atoms with Gasteiger partial charge in [0.25, 0.3) is 0 Å². The van der Waals surface area contributed by atoms with Crippen molar-refractivity contribution in [2.24, 2.45) is 10.7 Å². The molecule has 140 valence electrons. The van der Waals surface area contributed by atoms with E-state index in [1.807, 2.05) is 30.3 Å². The summed E-state index contributed by atoms with van der Waals surface area (Å²) >= 11 is 0. The highest BCUT2D eigenvalue weighted by atomic mass is 16.5. The molecule has 0 bridgehead atoms. The van der Waals surface area contributed by atoms with E-state index in [1.54, 1.807) is 21.3 Å². The van der Waals surface area contributed by atoms with E-state index in [2.05, 4.69) is 23.3 Å². The van der Waals surface area contributed by atoms with Gasteiger partial charge >= 0.3 is 0 Å². The molecule has 0 heterocycles. The molecule has 0 fully saturated rings. The highest BCUT2D eigenvalue weighted by molar-refractivity contribution is 5.77.